The Morgan fingerprint density at radius 1 is 0.862 bits per heavy atom. The molecule has 2 N–H and O–H groups in total. The number of amides is 1. The molecule has 0 spiro atoms. The van der Waals surface area contributed by atoms with Gasteiger partial charge in [0.25, 0.3) is 15.9 Å². The van der Waals surface area contributed by atoms with Crippen LogP contribution in [0.3, 0.4) is 0 Å². The van der Waals surface area contributed by atoms with E-state index in [0.29, 0.717) is 24.2 Å². The van der Waals surface area contributed by atoms with Gasteiger partial charge in [0.2, 0.25) is 0 Å². The van der Waals surface area contributed by atoms with E-state index >= 15 is 0 Å². The van der Waals surface area contributed by atoms with Crippen LogP contribution < -0.4 is 10.0 Å². The van der Waals surface area contributed by atoms with Gasteiger partial charge in [0.1, 0.15) is 0 Å². The Hall–Kier alpha value is -3.12. The molecule has 0 radical (unpaired) electrons. The molecule has 1 amide bonds. The molecule has 0 atom stereocenters. The Morgan fingerprint density at radius 3 is 2.28 bits per heavy atom. The first-order valence-corrected chi connectivity index (χ1v) is 10.9. The van der Waals surface area contributed by atoms with Crippen molar-refractivity contribution in [1.82, 2.24) is 5.32 Å². The lowest BCUT2D eigenvalue weighted by Gasteiger charge is -2.10. The minimum absolute atomic E-state index is 0.0466. The van der Waals surface area contributed by atoms with Gasteiger partial charge in [0.15, 0.2) is 0 Å². The summed E-state index contributed by atoms with van der Waals surface area (Å²) in [6, 6.07) is 21.3. The highest BCUT2D eigenvalue weighted by Gasteiger charge is 2.16. The van der Waals surface area contributed by atoms with E-state index in [0.717, 1.165) is 11.1 Å². The third-order valence-electron chi connectivity index (χ3n) is 4.46. The summed E-state index contributed by atoms with van der Waals surface area (Å²) in [5.74, 6) is -0.301. The van der Waals surface area contributed by atoms with E-state index in [1.807, 2.05) is 38.1 Å². The molecule has 0 aliphatic heterocycles. The minimum Gasteiger partial charge on any atom is -0.352 e. The average molecular weight is 409 g/mol. The van der Waals surface area contributed by atoms with Crippen molar-refractivity contribution in [3.05, 3.63) is 95.1 Å². The van der Waals surface area contributed by atoms with Gasteiger partial charge in [0, 0.05) is 17.8 Å². The van der Waals surface area contributed by atoms with E-state index in [4.69, 9.17) is 0 Å². The number of hydrogen-bond donors (Lipinski definition) is 2. The van der Waals surface area contributed by atoms with Crippen LogP contribution in [0.5, 0.6) is 0 Å². The molecule has 0 aliphatic carbocycles. The molecule has 0 saturated carbocycles. The predicted molar refractivity (Wildman–Crippen MR) is 116 cm³/mol. The van der Waals surface area contributed by atoms with Gasteiger partial charge in [0.05, 0.1) is 4.90 Å². The highest BCUT2D eigenvalue weighted by Crippen LogP contribution is 2.18. The molecule has 0 heterocycles. The molecule has 0 saturated heterocycles. The van der Waals surface area contributed by atoms with Crippen LogP contribution in [0.25, 0.3) is 0 Å². The van der Waals surface area contributed by atoms with Crippen molar-refractivity contribution in [1.29, 1.82) is 0 Å². The molecule has 0 aliphatic rings. The van der Waals surface area contributed by atoms with Gasteiger partial charge in [-0.15, -0.1) is 0 Å². The summed E-state index contributed by atoms with van der Waals surface area (Å²) >= 11 is 0. The van der Waals surface area contributed by atoms with Crippen molar-refractivity contribution >= 4 is 21.6 Å². The summed E-state index contributed by atoms with van der Waals surface area (Å²) in [7, 11) is -3.78. The van der Waals surface area contributed by atoms with E-state index < -0.39 is 10.0 Å². The number of carbonyl (C=O) groups is 1. The van der Waals surface area contributed by atoms with E-state index in [9.17, 15) is 13.2 Å². The lowest BCUT2D eigenvalue weighted by atomic mass is 10.1. The lowest BCUT2D eigenvalue weighted by molar-refractivity contribution is 0.0954. The Bertz CT molecular complexity index is 1120. The molecule has 6 heteroatoms. The van der Waals surface area contributed by atoms with Gasteiger partial charge in [-0.3, -0.25) is 9.52 Å². The van der Waals surface area contributed by atoms with Crippen LogP contribution in [-0.2, 0) is 16.4 Å². The maximum absolute atomic E-state index is 12.7. The number of aryl methyl sites for hydroxylation is 2. The smallest absolute Gasteiger partial charge is 0.261 e. The van der Waals surface area contributed by atoms with Crippen LogP contribution in [0.1, 0.15) is 27.0 Å². The maximum Gasteiger partial charge on any atom is 0.261 e. The minimum atomic E-state index is -3.78. The zero-order chi connectivity index (χ0) is 20.9. The van der Waals surface area contributed by atoms with Crippen molar-refractivity contribution in [2.24, 2.45) is 0 Å². The van der Waals surface area contributed by atoms with Crippen molar-refractivity contribution in [2.75, 3.05) is 11.3 Å². The van der Waals surface area contributed by atoms with Crippen LogP contribution in [-0.4, -0.2) is 20.9 Å². The van der Waals surface area contributed by atoms with Crippen LogP contribution in [0.4, 0.5) is 5.69 Å². The maximum atomic E-state index is 12.7. The second kappa shape index (κ2) is 8.92. The van der Waals surface area contributed by atoms with Gasteiger partial charge in [-0.25, -0.2) is 8.42 Å². The number of rotatable bonds is 7. The largest absolute Gasteiger partial charge is 0.352 e. The van der Waals surface area contributed by atoms with E-state index in [2.05, 4.69) is 16.1 Å². The second-order valence-corrected chi connectivity index (χ2v) is 8.68. The third-order valence-corrected chi connectivity index (χ3v) is 5.84. The topological polar surface area (TPSA) is 75.3 Å². The molecule has 0 bridgehead atoms. The molecule has 0 unspecified atom stereocenters. The summed E-state index contributed by atoms with van der Waals surface area (Å²) in [5.41, 5.74) is 4.06. The monoisotopic (exact) mass is 408 g/mol. The Labute approximate surface area is 171 Å². The third kappa shape index (κ3) is 5.68. The van der Waals surface area contributed by atoms with E-state index in [1.165, 1.54) is 17.7 Å². The fourth-order valence-electron chi connectivity index (χ4n) is 3.02. The highest BCUT2D eigenvalue weighted by molar-refractivity contribution is 7.92. The molecular formula is C23H24N2O3S. The van der Waals surface area contributed by atoms with Crippen molar-refractivity contribution < 1.29 is 13.2 Å². The van der Waals surface area contributed by atoms with Gasteiger partial charge in [-0.1, -0.05) is 48.0 Å². The molecule has 150 valence electrons. The first kappa shape index (κ1) is 20.6. The Morgan fingerprint density at radius 2 is 1.55 bits per heavy atom. The van der Waals surface area contributed by atoms with Crippen LogP contribution in [0.2, 0.25) is 0 Å². The lowest BCUT2D eigenvalue weighted by Crippen LogP contribution is -2.26. The molecule has 3 aromatic carbocycles. The quantitative estimate of drug-likeness (QED) is 0.619. The molecule has 0 fully saturated rings. The number of sulfonamides is 1. The number of hydrogen-bond acceptors (Lipinski definition) is 3. The zero-order valence-corrected chi connectivity index (χ0v) is 17.3. The van der Waals surface area contributed by atoms with Crippen molar-refractivity contribution in [2.45, 2.75) is 25.2 Å². The number of nitrogens with one attached hydrogen (secondary N) is 2. The van der Waals surface area contributed by atoms with Gasteiger partial charge >= 0.3 is 0 Å². The predicted octanol–water partition coefficient (Wildman–Crippen LogP) is 4.08. The normalized spacial score (nSPS) is 11.1. The number of benzene rings is 3. The van der Waals surface area contributed by atoms with E-state index in [1.54, 1.807) is 30.3 Å². The molecule has 5 nitrogen and oxygen atoms in total. The van der Waals surface area contributed by atoms with Crippen LogP contribution >= 0.6 is 0 Å². The molecule has 29 heavy (non-hydrogen) atoms. The first-order chi connectivity index (χ1) is 13.8. The Kier molecular flexibility index (Phi) is 6.34. The first-order valence-electron chi connectivity index (χ1n) is 9.37. The number of anilines is 1. The second-order valence-electron chi connectivity index (χ2n) is 7.00. The van der Waals surface area contributed by atoms with Gasteiger partial charge in [-0.2, -0.15) is 0 Å². The summed E-state index contributed by atoms with van der Waals surface area (Å²) in [6.45, 7) is 4.39. The molecular weight excluding hydrogens is 384 g/mol. The van der Waals surface area contributed by atoms with Crippen LogP contribution in [0.15, 0.2) is 77.7 Å². The highest BCUT2D eigenvalue weighted by atomic mass is 32.2. The van der Waals surface area contributed by atoms with E-state index in [-0.39, 0.29) is 10.8 Å². The summed E-state index contributed by atoms with van der Waals surface area (Å²) in [6.07, 6.45) is 0.709. The molecule has 0 aromatic heterocycles. The standard InChI is InChI=1S/C23H24N2O3S/c1-17-6-3-8-19(14-17)12-13-24-23(26)20-9-5-11-22(16-20)29(27,28)25-21-10-4-7-18(2)15-21/h3-11,14-16,25H,12-13H2,1-2H3,(H,24,26). The zero-order valence-electron chi connectivity index (χ0n) is 16.5. The number of carbonyl (C=O) groups excluding carboxylic acids is 1. The fourth-order valence-corrected chi connectivity index (χ4v) is 4.11. The Balaban J connectivity index is 1.67. The fraction of sp³-hybridized carbons (Fsp3) is 0.174. The molecule has 3 rings (SSSR count). The summed E-state index contributed by atoms with van der Waals surface area (Å²) in [4.78, 5) is 12.5. The molecule has 3 aromatic rings. The summed E-state index contributed by atoms with van der Waals surface area (Å²) < 4.78 is 27.9. The average Bonchev–Trinajstić information content (AvgIpc) is 2.68. The van der Waals surface area contributed by atoms with Gasteiger partial charge in [-0.05, 0) is 61.7 Å². The SMILES string of the molecule is Cc1cccc(CCNC(=O)c2cccc(S(=O)(=O)Nc3cccc(C)c3)c2)c1. The van der Waals surface area contributed by atoms with Crippen molar-refractivity contribution in [3.8, 4) is 0 Å². The van der Waals surface area contributed by atoms with Crippen LogP contribution in [0, 0.1) is 13.8 Å². The van der Waals surface area contributed by atoms with Crippen molar-refractivity contribution in [3.63, 3.8) is 0 Å². The van der Waals surface area contributed by atoms with Gasteiger partial charge < -0.3 is 5.32 Å². The summed E-state index contributed by atoms with van der Waals surface area (Å²) in [5, 5.41) is 2.85.